The zero-order valence-electron chi connectivity index (χ0n) is 15.5. The molecular formula is C20H30Cl2Si. The molecule has 23 heavy (non-hydrogen) atoms. The molecule has 0 aromatic rings. The molecule has 0 saturated carbocycles. The van der Waals surface area contributed by atoms with Crippen molar-refractivity contribution in [2.45, 2.75) is 73.6 Å². The monoisotopic (exact) mass is 368 g/mol. The minimum Gasteiger partial charge on any atom is -0.0885 e. The Kier molecular flexibility index (Phi) is 6.08. The smallest absolute Gasteiger partial charge is 0.0882 e. The Balaban J connectivity index is 2.46. The van der Waals surface area contributed by atoms with E-state index >= 15 is 0 Å². The van der Waals surface area contributed by atoms with Gasteiger partial charge in [-0.2, -0.15) is 0 Å². The summed E-state index contributed by atoms with van der Waals surface area (Å²) in [7, 11) is -0.517. The van der Waals surface area contributed by atoms with Crippen LogP contribution >= 0.6 is 23.2 Å². The van der Waals surface area contributed by atoms with Crippen molar-refractivity contribution < 1.29 is 0 Å². The van der Waals surface area contributed by atoms with Crippen LogP contribution in [0.15, 0.2) is 42.7 Å². The van der Waals surface area contributed by atoms with Crippen molar-refractivity contribution in [3.05, 3.63) is 42.7 Å². The first-order valence-electron chi connectivity index (χ1n) is 8.91. The van der Waals surface area contributed by atoms with E-state index in [9.17, 15) is 0 Å². The van der Waals surface area contributed by atoms with Crippen LogP contribution in [-0.4, -0.2) is 9.52 Å². The number of hydrogen-bond acceptors (Lipinski definition) is 0. The van der Waals surface area contributed by atoms with Gasteiger partial charge in [0.15, 0.2) is 0 Å². The van der Waals surface area contributed by atoms with Crippen molar-refractivity contribution in [2.75, 3.05) is 0 Å². The molecule has 0 saturated heterocycles. The Hall–Kier alpha value is -0.243. The Labute approximate surface area is 154 Å². The van der Waals surface area contributed by atoms with Crippen molar-refractivity contribution in [3.8, 4) is 0 Å². The lowest BCUT2D eigenvalue weighted by atomic mass is 9.75. The maximum Gasteiger partial charge on any atom is 0.0882 e. The SMILES string of the molecule is CCCC1(CCC)C(C)=C([SiH2]C2=C(C)CC(Cl)=C2C)C(C)=C1Cl. The van der Waals surface area contributed by atoms with Gasteiger partial charge in [0.25, 0.3) is 0 Å². The maximum absolute atomic E-state index is 6.93. The van der Waals surface area contributed by atoms with Crippen LogP contribution in [0.4, 0.5) is 0 Å². The molecule has 0 aliphatic heterocycles. The second-order valence-electron chi connectivity index (χ2n) is 7.27. The zero-order chi connectivity index (χ0) is 17.4. The predicted octanol–water partition coefficient (Wildman–Crippen LogP) is 6.73. The topological polar surface area (TPSA) is 0 Å². The molecule has 0 N–H and O–H groups in total. The number of halogens is 2. The van der Waals surface area contributed by atoms with E-state index in [1.165, 1.54) is 42.4 Å². The Bertz CT molecular complexity index is 626. The molecule has 0 unspecified atom stereocenters. The van der Waals surface area contributed by atoms with Crippen LogP contribution in [0.2, 0.25) is 0 Å². The van der Waals surface area contributed by atoms with Gasteiger partial charge >= 0.3 is 0 Å². The summed E-state index contributed by atoms with van der Waals surface area (Å²) in [5.74, 6) is 0. The lowest BCUT2D eigenvalue weighted by Crippen LogP contribution is -2.21. The molecule has 3 heteroatoms. The molecule has 0 aromatic carbocycles. The van der Waals surface area contributed by atoms with Crippen LogP contribution in [0, 0.1) is 5.41 Å². The van der Waals surface area contributed by atoms with Crippen LogP contribution in [-0.2, 0) is 0 Å². The van der Waals surface area contributed by atoms with Gasteiger partial charge in [-0.25, -0.2) is 0 Å². The van der Waals surface area contributed by atoms with E-state index in [0.717, 1.165) is 16.5 Å². The molecule has 0 bridgehead atoms. The molecule has 0 fully saturated rings. The molecule has 0 nitrogen and oxygen atoms in total. The second kappa shape index (κ2) is 7.33. The first-order chi connectivity index (χ1) is 10.8. The van der Waals surface area contributed by atoms with E-state index in [2.05, 4.69) is 41.5 Å². The van der Waals surface area contributed by atoms with Gasteiger partial charge in [-0.1, -0.05) is 71.4 Å². The molecule has 0 amide bonds. The summed E-state index contributed by atoms with van der Waals surface area (Å²) in [5, 5.41) is 5.33. The minimum atomic E-state index is -0.517. The summed E-state index contributed by atoms with van der Waals surface area (Å²) in [4.78, 5) is 0. The molecule has 0 atom stereocenters. The largest absolute Gasteiger partial charge is 0.0885 e. The van der Waals surface area contributed by atoms with Gasteiger partial charge in [0.2, 0.25) is 0 Å². The Morgan fingerprint density at radius 3 is 1.91 bits per heavy atom. The highest BCUT2D eigenvalue weighted by Gasteiger charge is 2.41. The average Bonchev–Trinajstić information content (AvgIpc) is 2.83. The molecule has 2 aliphatic rings. The highest BCUT2D eigenvalue weighted by Crippen LogP contribution is 2.54. The summed E-state index contributed by atoms with van der Waals surface area (Å²) >= 11 is 13.3. The molecule has 0 radical (unpaired) electrons. The van der Waals surface area contributed by atoms with Crippen molar-refractivity contribution in [2.24, 2.45) is 5.41 Å². The number of allylic oxidation sites excluding steroid dienone is 8. The van der Waals surface area contributed by atoms with Crippen LogP contribution in [0.1, 0.15) is 73.6 Å². The van der Waals surface area contributed by atoms with E-state index in [0.29, 0.717) is 0 Å². The molecule has 0 aromatic heterocycles. The predicted molar refractivity (Wildman–Crippen MR) is 108 cm³/mol. The van der Waals surface area contributed by atoms with Gasteiger partial charge in [0.1, 0.15) is 0 Å². The molecule has 0 heterocycles. The van der Waals surface area contributed by atoms with Crippen LogP contribution < -0.4 is 0 Å². The van der Waals surface area contributed by atoms with Gasteiger partial charge in [-0.05, 0) is 51.7 Å². The Morgan fingerprint density at radius 2 is 1.48 bits per heavy atom. The quantitative estimate of drug-likeness (QED) is 0.455. The average molecular weight is 369 g/mol. The second-order valence-corrected chi connectivity index (χ2v) is 9.87. The van der Waals surface area contributed by atoms with Gasteiger partial charge in [-0.15, -0.1) is 0 Å². The van der Waals surface area contributed by atoms with Gasteiger partial charge in [0, 0.05) is 21.9 Å². The minimum absolute atomic E-state index is 0.117. The van der Waals surface area contributed by atoms with Crippen LogP contribution in [0.25, 0.3) is 0 Å². The van der Waals surface area contributed by atoms with E-state index in [1.54, 1.807) is 16.0 Å². The van der Waals surface area contributed by atoms with Crippen molar-refractivity contribution in [1.82, 2.24) is 0 Å². The standard InChI is InChI=1S/C20H30Cl2Si/c1-7-9-20(10-8-2)15(6)18(14(5)19(20)22)23-17-12(3)11-16(21)13(17)4/h7-11,23H2,1-6H3. The fourth-order valence-electron chi connectivity index (χ4n) is 4.48. The van der Waals surface area contributed by atoms with E-state index in [-0.39, 0.29) is 5.41 Å². The lowest BCUT2D eigenvalue weighted by Gasteiger charge is -2.32. The van der Waals surface area contributed by atoms with Crippen molar-refractivity contribution in [1.29, 1.82) is 0 Å². The summed E-state index contributed by atoms with van der Waals surface area (Å²) in [6, 6.07) is 0. The highest BCUT2D eigenvalue weighted by atomic mass is 35.5. The fraction of sp³-hybridized carbons (Fsp3) is 0.600. The maximum atomic E-state index is 6.93. The van der Waals surface area contributed by atoms with Gasteiger partial charge in [-0.3, -0.25) is 0 Å². The van der Waals surface area contributed by atoms with E-state index in [1.807, 2.05) is 0 Å². The van der Waals surface area contributed by atoms with Crippen LogP contribution in [0.5, 0.6) is 0 Å². The molecule has 2 aliphatic carbocycles. The number of rotatable bonds is 6. The summed E-state index contributed by atoms with van der Waals surface area (Å²) in [6.07, 6.45) is 5.67. The van der Waals surface area contributed by atoms with Gasteiger partial charge in [0.05, 0.1) is 9.52 Å². The summed E-state index contributed by atoms with van der Waals surface area (Å²) < 4.78 is 0. The third kappa shape index (κ3) is 3.17. The van der Waals surface area contributed by atoms with Gasteiger partial charge < -0.3 is 0 Å². The lowest BCUT2D eigenvalue weighted by molar-refractivity contribution is 0.376. The molecule has 2 rings (SSSR count). The van der Waals surface area contributed by atoms with Crippen LogP contribution in [0.3, 0.4) is 0 Å². The molecular weight excluding hydrogens is 339 g/mol. The molecule has 128 valence electrons. The zero-order valence-corrected chi connectivity index (χ0v) is 18.4. The highest BCUT2D eigenvalue weighted by molar-refractivity contribution is 6.58. The fourth-order valence-corrected chi connectivity index (χ4v) is 7.77. The Morgan fingerprint density at radius 1 is 0.913 bits per heavy atom. The third-order valence-electron chi connectivity index (χ3n) is 5.87. The molecule has 0 spiro atoms. The van der Waals surface area contributed by atoms with Crippen molar-refractivity contribution in [3.63, 3.8) is 0 Å². The van der Waals surface area contributed by atoms with Crippen molar-refractivity contribution >= 4 is 32.7 Å². The normalized spacial score (nSPS) is 21.9. The first kappa shape index (κ1) is 19.1. The first-order valence-corrected chi connectivity index (χ1v) is 11.1. The van der Waals surface area contributed by atoms with E-state index < -0.39 is 9.52 Å². The van der Waals surface area contributed by atoms with E-state index in [4.69, 9.17) is 23.2 Å². The third-order valence-corrected chi connectivity index (χ3v) is 9.84. The number of hydrogen-bond donors (Lipinski definition) is 0. The summed E-state index contributed by atoms with van der Waals surface area (Å²) in [5.41, 5.74) is 5.86. The summed E-state index contributed by atoms with van der Waals surface area (Å²) in [6.45, 7) is 13.6.